The van der Waals surface area contributed by atoms with Gasteiger partial charge in [0.25, 0.3) is 5.91 Å². The number of amides is 2. The van der Waals surface area contributed by atoms with Crippen LogP contribution in [0.2, 0.25) is 5.02 Å². The average Bonchev–Trinajstić information content (AvgIpc) is 3.21. The summed E-state index contributed by atoms with van der Waals surface area (Å²) in [5, 5.41) is 1.28. The minimum Gasteiger partial charge on any atom is -0.273 e. The highest BCUT2D eigenvalue weighted by Crippen LogP contribution is 2.35. The van der Waals surface area contributed by atoms with Crippen LogP contribution in [0.15, 0.2) is 24.3 Å². The molecule has 1 aromatic carbocycles. The topological polar surface area (TPSA) is 58.2 Å². The highest BCUT2D eigenvalue weighted by Gasteiger charge is 2.30. The Morgan fingerprint density at radius 2 is 1.95 bits per heavy atom. The molecule has 0 aliphatic heterocycles. The molecule has 1 fully saturated rings. The summed E-state index contributed by atoms with van der Waals surface area (Å²) in [5.74, 6) is -0.455. The molecule has 0 radical (unpaired) electrons. The molecular weight excluding hydrogens is 284 g/mol. The van der Waals surface area contributed by atoms with E-state index in [1.54, 1.807) is 0 Å². The molecule has 0 bridgehead atoms. The highest BCUT2D eigenvalue weighted by molar-refractivity contribution is 7.21. The second-order valence-electron chi connectivity index (χ2n) is 4.46. The largest absolute Gasteiger partial charge is 0.281 e. The van der Waals surface area contributed by atoms with Gasteiger partial charge in [0, 0.05) is 16.0 Å². The number of benzene rings is 1. The van der Waals surface area contributed by atoms with E-state index in [0.29, 0.717) is 9.90 Å². The molecule has 2 aromatic rings. The van der Waals surface area contributed by atoms with Crippen LogP contribution in [0.4, 0.5) is 0 Å². The maximum absolute atomic E-state index is 12.0. The number of fused-ring (bicyclic) bond motifs is 1. The SMILES string of the molecule is O=C(NNC(=O)C1CC1)c1sc2ccccc2c1Cl. The van der Waals surface area contributed by atoms with Crippen LogP contribution in [0.25, 0.3) is 10.1 Å². The standard InChI is InChI=1S/C13H11ClN2O2S/c14-10-8-3-1-2-4-9(8)19-11(10)13(18)16-15-12(17)7-5-6-7/h1-4,7H,5-6H2,(H,15,17)(H,16,18). The summed E-state index contributed by atoms with van der Waals surface area (Å²) in [6, 6.07) is 7.54. The number of carbonyl (C=O) groups is 2. The van der Waals surface area contributed by atoms with Crippen molar-refractivity contribution in [1.82, 2.24) is 10.9 Å². The Labute approximate surface area is 118 Å². The van der Waals surface area contributed by atoms with Crippen LogP contribution in [0.5, 0.6) is 0 Å². The minimum atomic E-state index is -0.375. The van der Waals surface area contributed by atoms with Gasteiger partial charge >= 0.3 is 0 Å². The summed E-state index contributed by atoms with van der Waals surface area (Å²) in [6.07, 6.45) is 1.79. The van der Waals surface area contributed by atoms with Gasteiger partial charge in [-0.05, 0) is 18.9 Å². The zero-order valence-electron chi connectivity index (χ0n) is 9.90. The molecule has 4 nitrogen and oxygen atoms in total. The van der Waals surface area contributed by atoms with E-state index in [1.165, 1.54) is 11.3 Å². The molecule has 3 rings (SSSR count). The number of hydrogen-bond acceptors (Lipinski definition) is 3. The van der Waals surface area contributed by atoms with Crippen LogP contribution in [-0.4, -0.2) is 11.8 Å². The van der Waals surface area contributed by atoms with Crippen LogP contribution in [0.1, 0.15) is 22.5 Å². The van der Waals surface area contributed by atoms with Crippen molar-refractivity contribution in [1.29, 1.82) is 0 Å². The smallest absolute Gasteiger partial charge is 0.273 e. The predicted octanol–water partition coefficient (Wildman–Crippen LogP) is 2.73. The lowest BCUT2D eigenvalue weighted by molar-refractivity contribution is -0.123. The van der Waals surface area contributed by atoms with E-state index < -0.39 is 0 Å². The van der Waals surface area contributed by atoms with Gasteiger partial charge in [-0.1, -0.05) is 29.8 Å². The zero-order valence-corrected chi connectivity index (χ0v) is 11.5. The van der Waals surface area contributed by atoms with Crippen LogP contribution in [0, 0.1) is 5.92 Å². The molecule has 0 unspecified atom stereocenters. The predicted molar refractivity (Wildman–Crippen MR) is 75.2 cm³/mol. The number of carbonyl (C=O) groups excluding carboxylic acids is 2. The summed E-state index contributed by atoms with van der Waals surface area (Å²) in [5.41, 5.74) is 4.83. The molecule has 19 heavy (non-hydrogen) atoms. The molecular formula is C13H11ClN2O2S. The number of hydrogen-bond donors (Lipinski definition) is 2. The van der Waals surface area contributed by atoms with E-state index in [9.17, 15) is 9.59 Å². The second kappa shape index (κ2) is 4.83. The van der Waals surface area contributed by atoms with Crippen molar-refractivity contribution in [3.8, 4) is 0 Å². The number of halogens is 1. The van der Waals surface area contributed by atoms with Gasteiger partial charge in [-0.15, -0.1) is 11.3 Å². The quantitative estimate of drug-likeness (QED) is 0.837. The molecule has 1 heterocycles. The van der Waals surface area contributed by atoms with Crippen molar-refractivity contribution in [2.45, 2.75) is 12.8 Å². The van der Waals surface area contributed by atoms with E-state index in [0.717, 1.165) is 22.9 Å². The zero-order chi connectivity index (χ0) is 13.4. The molecule has 98 valence electrons. The third-order valence-corrected chi connectivity index (χ3v) is 4.66. The first kappa shape index (κ1) is 12.4. The van der Waals surface area contributed by atoms with Crippen molar-refractivity contribution in [3.63, 3.8) is 0 Å². The van der Waals surface area contributed by atoms with E-state index in [2.05, 4.69) is 10.9 Å². The third-order valence-electron chi connectivity index (χ3n) is 2.99. The van der Waals surface area contributed by atoms with Gasteiger partial charge in [0.05, 0.1) is 5.02 Å². The molecule has 1 aliphatic carbocycles. The lowest BCUT2D eigenvalue weighted by atomic mass is 10.2. The summed E-state index contributed by atoms with van der Waals surface area (Å²) in [4.78, 5) is 23.8. The van der Waals surface area contributed by atoms with Crippen LogP contribution >= 0.6 is 22.9 Å². The molecule has 0 spiro atoms. The number of nitrogens with one attached hydrogen (secondary N) is 2. The third kappa shape index (κ3) is 2.43. The summed E-state index contributed by atoms with van der Waals surface area (Å²) < 4.78 is 0.950. The highest BCUT2D eigenvalue weighted by atomic mass is 35.5. The molecule has 0 atom stereocenters. The van der Waals surface area contributed by atoms with Crippen molar-refractivity contribution >= 4 is 44.8 Å². The van der Waals surface area contributed by atoms with Crippen molar-refractivity contribution in [2.75, 3.05) is 0 Å². The number of rotatable bonds is 2. The lowest BCUT2D eigenvalue weighted by Gasteiger charge is -2.05. The lowest BCUT2D eigenvalue weighted by Crippen LogP contribution is -2.42. The van der Waals surface area contributed by atoms with Gasteiger partial charge in [-0.3, -0.25) is 20.4 Å². The first-order valence-electron chi connectivity index (χ1n) is 5.94. The Morgan fingerprint density at radius 1 is 1.21 bits per heavy atom. The van der Waals surface area contributed by atoms with Gasteiger partial charge in [0.1, 0.15) is 4.88 Å². The van der Waals surface area contributed by atoms with E-state index in [-0.39, 0.29) is 17.7 Å². The van der Waals surface area contributed by atoms with Crippen LogP contribution < -0.4 is 10.9 Å². The molecule has 6 heteroatoms. The summed E-state index contributed by atoms with van der Waals surface area (Å²) in [7, 11) is 0. The fourth-order valence-electron chi connectivity index (χ4n) is 1.78. The Balaban J connectivity index is 1.77. The summed E-state index contributed by atoms with van der Waals surface area (Å²) >= 11 is 7.49. The van der Waals surface area contributed by atoms with Crippen molar-refractivity contribution in [3.05, 3.63) is 34.2 Å². The molecule has 0 saturated heterocycles. The van der Waals surface area contributed by atoms with E-state index in [4.69, 9.17) is 11.6 Å². The Bertz CT molecular complexity index is 664. The molecule has 2 amide bonds. The first-order chi connectivity index (χ1) is 9.16. The Kier molecular flexibility index (Phi) is 3.16. The van der Waals surface area contributed by atoms with Gasteiger partial charge in [0.15, 0.2) is 0 Å². The monoisotopic (exact) mass is 294 g/mol. The summed E-state index contributed by atoms with van der Waals surface area (Å²) in [6.45, 7) is 0. The fraction of sp³-hybridized carbons (Fsp3) is 0.231. The van der Waals surface area contributed by atoms with Gasteiger partial charge in [-0.2, -0.15) is 0 Å². The first-order valence-corrected chi connectivity index (χ1v) is 7.13. The molecule has 1 aromatic heterocycles. The second-order valence-corrected chi connectivity index (χ2v) is 5.89. The van der Waals surface area contributed by atoms with E-state index >= 15 is 0 Å². The Hall–Kier alpha value is -1.59. The van der Waals surface area contributed by atoms with Crippen molar-refractivity contribution < 1.29 is 9.59 Å². The van der Waals surface area contributed by atoms with Crippen molar-refractivity contribution in [2.24, 2.45) is 5.92 Å². The van der Waals surface area contributed by atoms with Gasteiger partial charge in [0.2, 0.25) is 5.91 Å². The van der Waals surface area contributed by atoms with Gasteiger partial charge in [-0.25, -0.2) is 0 Å². The Morgan fingerprint density at radius 3 is 2.63 bits per heavy atom. The van der Waals surface area contributed by atoms with Crippen LogP contribution in [-0.2, 0) is 4.79 Å². The fourth-order valence-corrected chi connectivity index (χ4v) is 3.20. The number of thiophene rings is 1. The van der Waals surface area contributed by atoms with Gasteiger partial charge < -0.3 is 0 Å². The van der Waals surface area contributed by atoms with Crippen LogP contribution in [0.3, 0.4) is 0 Å². The maximum atomic E-state index is 12.0. The molecule has 1 aliphatic rings. The maximum Gasteiger partial charge on any atom is 0.281 e. The minimum absolute atomic E-state index is 0.0539. The normalized spacial score (nSPS) is 14.4. The number of hydrazine groups is 1. The molecule has 2 N–H and O–H groups in total. The average molecular weight is 295 g/mol. The molecule has 1 saturated carbocycles. The van der Waals surface area contributed by atoms with E-state index in [1.807, 2.05) is 24.3 Å².